The smallest absolute Gasteiger partial charge is 0.177 e. The maximum atomic E-state index is 13.2. The van der Waals surface area contributed by atoms with Crippen molar-refractivity contribution in [2.75, 3.05) is 0 Å². The van der Waals surface area contributed by atoms with Crippen LogP contribution < -0.4 is 4.74 Å². The van der Waals surface area contributed by atoms with E-state index < -0.39 is 0 Å². The number of benzene rings is 2. The van der Waals surface area contributed by atoms with Gasteiger partial charge in [-0.05, 0) is 36.5 Å². The van der Waals surface area contributed by atoms with Crippen LogP contribution in [0.15, 0.2) is 54.6 Å². The van der Waals surface area contributed by atoms with Crippen molar-refractivity contribution in [3.63, 3.8) is 0 Å². The SMILES string of the molecule is O=C1c2ccccc2O[C@@H](C2CCCCC2)[C@@H]1c1ccccc1. The zero-order chi connectivity index (χ0) is 15.6. The molecule has 1 aliphatic carbocycles. The molecule has 1 heterocycles. The first kappa shape index (κ1) is 14.5. The quantitative estimate of drug-likeness (QED) is 0.781. The van der Waals surface area contributed by atoms with Crippen molar-refractivity contribution in [3.8, 4) is 5.75 Å². The summed E-state index contributed by atoms with van der Waals surface area (Å²) < 4.78 is 6.39. The lowest BCUT2D eigenvalue weighted by Gasteiger charge is -2.39. The molecule has 1 saturated carbocycles. The van der Waals surface area contributed by atoms with E-state index in [2.05, 4.69) is 12.1 Å². The molecular formula is C21H22O2. The van der Waals surface area contributed by atoms with E-state index in [4.69, 9.17) is 4.74 Å². The number of hydrogen-bond acceptors (Lipinski definition) is 2. The summed E-state index contributed by atoms with van der Waals surface area (Å²) in [4.78, 5) is 13.2. The minimum atomic E-state index is -0.172. The first-order valence-electron chi connectivity index (χ1n) is 8.69. The molecule has 2 atom stereocenters. The van der Waals surface area contributed by atoms with E-state index in [1.54, 1.807) is 0 Å². The van der Waals surface area contributed by atoms with Gasteiger partial charge in [0, 0.05) is 0 Å². The second-order valence-corrected chi connectivity index (χ2v) is 6.73. The lowest BCUT2D eigenvalue weighted by Crippen LogP contribution is -2.42. The first-order chi connectivity index (χ1) is 11.3. The van der Waals surface area contributed by atoms with Gasteiger partial charge in [0.2, 0.25) is 0 Å². The number of Topliss-reactive ketones (excluding diaryl/α,β-unsaturated/α-hetero) is 1. The Morgan fingerprint density at radius 2 is 1.52 bits per heavy atom. The molecule has 4 rings (SSSR count). The number of hydrogen-bond donors (Lipinski definition) is 0. The first-order valence-corrected chi connectivity index (χ1v) is 8.69. The number of para-hydroxylation sites is 1. The molecule has 0 saturated heterocycles. The molecule has 1 aliphatic heterocycles. The van der Waals surface area contributed by atoms with Crippen LogP contribution in [0.25, 0.3) is 0 Å². The summed E-state index contributed by atoms with van der Waals surface area (Å²) in [5.41, 5.74) is 1.82. The van der Waals surface area contributed by atoms with E-state index in [0.717, 1.165) is 16.9 Å². The predicted octanol–water partition coefficient (Wildman–Crippen LogP) is 4.99. The standard InChI is InChI=1S/C21H22O2/c22-20-17-13-7-8-14-18(17)23-21(16-11-5-2-6-12-16)19(20)15-9-3-1-4-10-15/h1,3-4,7-10,13-14,16,19,21H,2,5-6,11-12H2/t19-,21+/m1/s1. The molecule has 0 unspecified atom stereocenters. The number of ketones is 1. The molecule has 118 valence electrons. The molecule has 0 bridgehead atoms. The van der Waals surface area contributed by atoms with Crippen molar-refractivity contribution < 1.29 is 9.53 Å². The van der Waals surface area contributed by atoms with Gasteiger partial charge in [0.15, 0.2) is 5.78 Å². The van der Waals surface area contributed by atoms with Crippen molar-refractivity contribution in [1.29, 1.82) is 0 Å². The van der Waals surface area contributed by atoms with E-state index in [0.29, 0.717) is 5.92 Å². The van der Waals surface area contributed by atoms with Gasteiger partial charge in [-0.2, -0.15) is 0 Å². The largest absolute Gasteiger partial charge is 0.488 e. The zero-order valence-corrected chi connectivity index (χ0v) is 13.3. The molecule has 2 aromatic rings. The highest BCUT2D eigenvalue weighted by Crippen LogP contribution is 2.42. The summed E-state index contributed by atoms with van der Waals surface area (Å²) in [7, 11) is 0. The van der Waals surface area contributed by atoms with Gasteiger partial charge >= 0.3 is 0 Å². The van der Waals surface area contributed by atoms with Crippen molar-refractivity contribution in [2.45, 2.75) is 44.1 Å². The molecule has 0 aromatic heterocycles. The fourth-order valence-electron chi connectivity index (χ4n) is 4.14. The molecule has 0 spiro atoms. The van der Waals surface area contributed by atoms with E-state index >= 15 is 0 Å². The number of carbonyl (C=O) groups excluding carboxylic acids is 1. The van der Waals surface area contributed by atoms with Gasteiger partial charge in [0.05, 0.1) is 11.5 Å². The van der Waals surface area contributed by atoms with Crippen LogP contribution in [0.3, 0.4) is 0 Å². The minimum absolute atomic E-state index is 0.0277. The Morgan fingerprint density at radius 3 is 2.30 bits per heavy atom. The normalized spacial score (nSPS) is 24.8. The molecule has 0 amide bonds. The Hall–Kier alpha value is -2.09. The molecule has 1 fully saturated rings. The molecular weight excluding hydrogens is 284 g/mol. The number of carbonyl (C=O) groups is 1. The Bertz CT molecular complexity index is 686. The Morgan fingerprint density at radius 1 is 0.826 bits per heavy atom. The highest BCUT2D eigenvalue weighted by Gasteiger charge is 2.42. The molecule has 23 heavy (non-hydrogen) atoms. The van der Waals surface area contributed by atoms with Crippen LogP contribution in [0, 0.1) is 5.92 Å². The maximum Gasteiger partial charge on any atom is 0.177 e. The highest BCUT2D eigenvalue weighted by atomic mass is 16.5. The Balaban J connectivity index is 1.76. The third-order valence-electron chi connectivity index (χ3n) is 5.30. The third-order valence-corrected chi connectivity index (χ3v) is 5.30. The number of fused-ring (bicyclic) bond motifs is 1. The molecule has 2 aliphatic rings. The van der Waals surface area contributed by atoms with Crippen LogP contribution in [-0.4, -0.2) is 11.9 Å². The molecule has 2 aromatic carbocycles. The maximum absolute atomic E-state index is 13.2. The van der Waals surface area contributed by atoms with E-state index in [1.807, 2.05) is 42.5 Å². The number of rotatable bonds is 2. The highest BCUT2D eigenvalue weighted by molar-refractivity contribution is 6.04. The second-order valence-electron chi connectivity index (χ2n) is 6.73. The van der Waals surface area contributed by atoms with Gasteiger partial charge in [-0.15, -0.1) is 0 Å². The summed E-state index contributed by atoms with van der Waals surface area (Å²) in [6.45, 7) is 0. The van der Waals surface area contributed by atoms with E-state index in [1.165, 1.54) is 32.1 Å². The van der Waals surface area contributed by atoms with Crippen LogP contribution >= 0.6 is 0 Å². The van der Waals surface area contributed by atoms with Gasteiger partial charge in [-0.25, -0.2) is 0 Å². The van der Waals surface area contributed by atoms with Gasteiger partial charge < -0.3 is 4.74 Å². The second kappa shape index (κ2) is 6.19. The summed E-state index contributed by atoms with van der Waals surface area (Å²) >= 11 is 0. The molecule has 0 radical (unpaired) electrons. The van der Waals surface area contributed by atoms with Crippen molar-refractivity contribution in [2.24, 2.45) is 5.92 Å². The zero-order valence-electron chi connectivity index (χ0n) is 13.3. The van der Waals surface area contributed by atoms with Gasteiger partial charge in [0.1, 0.15) is 11.9 Å². The van der Waals surface area contributed by atoms with Crippen LogP contribution in [0.5, 0.6) is 5.75 Å². The fourth-order valence-corrected chi connectivity index (χ4v) is 4.14. The Labute approximate surface area is 137 Å². The van der Waals surface area contributed by atoms with Crippen LogP contribution in [0.4, 0.5) is 0 Å². The third kappa shape index (κ3) is 2.67. The minimum Gasteiger partial charge on any atom is -0.488 e. The van der Waals surface area contributed by atoms with Gasteiger partial charge in [-0.1, -0.05) is 61.7 Å². The van der Waals surface area contributed by atoms with Crippen LogP contribution in [0.2, 0.25) is 0 Å². The van der Waals surface area contributed by atoms with Crippen molar-refractivity contribution >= 4 is 5.78 Å². The fraction of sp³-hybridized carbons (Fsp3) is 0.381. The summed E-state index contributed by atoms with van der Waals surface area (Å²) in [5.74, 6) is 1.29. The summed E-state index contributed by atoms with van der Waals surface area (Å²) in [6, 6.07) is 17.9. The monoisotopic (exact) mass is 306 g/mol. The average molecular weight is 306 g/mol. The van der Waals surface area contributed by atoms with Crippen LogP contribution in [-0.2, 0) is 0 Å². The summed E-state index contributed by atoms with van der Waals surface area (Å²) in [5, 5.41) is 0. The molecule has 0 N–H and O–H groups in total. The summed E-state index contributed by atoms with van der Waals surface area (Å²) in [6.07, 6.45) is 6.13. The lowest BCUT2D eigenvalue weighted by atomic mass is 9.74. The Kier molecular flexibility index (Phi) is 3.90. The lowest BCUT2D eigenvalue weighted by molar-refractivity contribution is 0.0541. The van der Waals surface area contributed by atoms with Gasteiger partial charge in [0.25, 0.3) is 0 Å². The van der Waals surface area contributed by atoms with E-state index in [9.17, 15) is 4.79 Å². The van der Waals surface area contributed by atoms with Gasteiger partial charge in [-0.3, -0.25) is 4.79 Å². The molecule has 2 nitrogen and oxygen atoms in total. The average Bonchev–Trinajstić information content (AvgIpc) is 2.63. The predicted molar refractivity (Wildman–Crippen MR) is 90.9 cm³/mol. The van der Waals surface area contributed by atoms with E-state index in [-0.39, 0.29) is 17.8 Å². The van der Waals surface area contributed by atoms with Crippen molar-refractivity contribution in [3.05, 3.63) is 65.7 Å². The van der Waals surface area contributed by atoms with Crippen molar-refractivity contribution in [1.82, 2.24) is 0 Å². The van der Waals surface area contributed by atoms with Crippen LogP contribution in [0.1, 0.15) is 53.9 Å². The topological polar surface area (TPSA) is 26.3 Å². The number of ether oxygens (including phenoxy) is 1. The molecule has 2 heteroatoms.